The van der Waals surface area contributed by atoms with Gasteiger partial charge in [-0.3, -0.25) is 19.7 Å². The highest BCUT2D eigenvalue weighted by atomic mass is 16.2. The van der Waals surface area contributed by atoms with E-state index in [0.29, 0.717) is 6.42 Å². The number of carbonyl (C=O) groups is 1. The van der Waals surface area contributed by atoms with Crippen molar-refractivity contribution in [1.82, 2.24) is 15.0 Å². The van der Waals surface area contributed by atoms with Gasteiger partial charge < -0.3 is 4.90 Å². The van der Waals surface area contributed by atoms with Crippen molar-refractivity contribution in [2.45, 2.75) is 19.3 Å². The van der Waals surface area contributed by atoms with E-state index in [9.17, 15) is 4.79 Å². The molecule has 0 bridgehead atoms. The predicted molar refractivity (Wildman–Crippen MR) is 122 cm³/mol. The second-order valence-electron chi connectivity index (χ2n) is 7.63. The van der Waals surface area contributed by atoms with Gasteiger partial charge >= 0.3 is 0 Å². The maximum absolute atomic E-state index is 12.9. The Morgan fingerprint density at radius 2 is 1.10 bits per heavy atom. The third-order valence-electron chi connectivity index (χ3n) is 5.72. The van der Waals surface area contributed by atoms with Gasteiger partial charge in [-0.05, 0) is 89.2 Å². The van der Waals surface area contributed by atoms with E-state index in [2.05, 4.69) is 27.1 Å². The van der Waals surface area contributed by atoms with E-state index in [1.165, 1.54) is 0 Å². The van der Waals surface area contributed by atoms with E-state index >= 15 is 0 Å². The summed E-state index contributed by atoms with van der Waals surface area (Å²) in [5, 5.41) is 0. The van der Waals surface area contributed by atoms with Crippen LogP contribution in [-0.2, 0) is 4.79 Å². The molecular weight excluding hydrogens is 384 g/mol. The van der Waals surface area contributed by atoms with Crippen LogP contribution < -0.4 is 4.90 Å². The van der Waals surface area contributed by atoms with E-state index in [1.54, 1.807) is 37.2 Å². The molecule has 1 aliphatic rings. The molecule has 5 rings (SSSR count). The fraction of sp³-hybridized carbons (Fsp3) is 0.154. The second kappa shape index (κ2) is 8.48. The molecule has 0 saturated carbocycles. The molecule has 0 atom stereocenters. The minimum absolute atomic E-state index is 0.180. The summed E-state index contributed by atoms with van der Waals surface area (Å²) >= 11 is 0. The maximum atomic E-state index is 12.9. The van der Waals surface area contributed by atoms with Gasteiger partial charge in [0.05, 0.1) is 5.69 Å². The van der Waals surface area contributed by atoms with Crippen molar-refractivity contribution in [3.8, 4) is 33.4 Å². The third kappa shape index (κ3) is 3.82. The van der Waals surface area contributed by atoms with Crippen LogP contribution in [0.5, 0.6) is 0 Å². The largest absolute Gasteiger partial charge is 0.312 e. The summed E-state index contributed by atoms with van der Waals surface area (Å²) in [5.41, 5.74) is 7.32. The molecule has 1 amide bonds. The van der Waals surface area contributed by atoms with Gasteiger partial charge in [-0.25, -0.2) is 0 Å². The zero-order valence-electron chi connectivity index (χ0n) is 17.1. The lowest BCUT2D eigenvalue weighted by Gasteiger charge is -2.30. The van der Waals surface area contributed by atoms with Crippen molar-refractivity contribution in [2.75, 3.05) is 11.4 Å². The first-order chi connectivity index (χ1) is 15.3. The molecular formula is C26H22N4O. The van der Waals surface area contributed by atoms with Gasteiger partial charge in [-0.1, -0.05) is 0 Å². The highest BCUT2D eigenvalue weighted by molar-refractivity contribution is 6.02. The molecule has 31 heavy (non-hydrogen) atoms. The number of rotatable bonds is 4. The van der Waals surface area contributed by atoms with Crippen molar-refractivity contribution in [2.24, 2.45) is 0 Å². The number of pyridine rings is 3. The molecule has 4 heterocycles. The lowest BCUT2D eigenvalue weighted by atomic mass is 9.90. The predicted octanol–water partition coefficient (Wildman–Crippen LogP) is 5.39. The average Bonchev–Trinajstić information content (AvgIpc) is 2.85. The number of nitrogens with zero attached hydrogens (tertiary/aromatic N) is 4. The summed E-state index contributed by atoms with van der Waals surface area (Å²) in [6.45, 7) is 0.737. The molecule has 1 saturated heterocycles. The molecule has 0 unspecified atom stereocenters. The Hall–Kier alpha value is -3.86. The molecule has 4 aromatic rings. The van der Waals surface area contributed by atoms with Gasteiger partial charge in [0, 0.05) is 55.7 Å². The van der Waals surface area contributed by atoms with Crippen LogP contribution in [0, 0.1) is 0 Å². The molecule has 0 radical (unpaired) electrons. The van der Waals surface area contributed by atoms with Gasteiger partial charge in [0.2, 0.25) is 5.91 Å². The first-order valence-corrected chi connectivity index (χ1v) is 10.5. The van der Waals surface area contributed by atoms with Crippen LogP contribution in [0.15, 0.2) is 85.7 Å². The number of benzene rings is 1. The van der Waals surface area contributed by atoms with Crippen LogP contribution in [0.1, 0.15) is 19.3 Å². The Morgan fingerprint density at radius 3 is 1.61 bits per heavy atom. The lowest BCUT2D eigenvalue weighted by molar-refractivity contribution is -0.119. The van der Waals surface area contributed by atoms with Crippen LogP contribution in [0.3, 0.4) is 0 Å². The first-order valence-electron chi connectivity index (χ1n) is 10.5. The fourth-order valence-corrected chi connectivity index (χ4v) is 4.18. The van der Waals surface area contributed by atoms with E-state index in [1.807, 2.05) is 41.3 Å². The van der Waals surface area contributed by atoms with Gasteiger partial charge in [-0.15, -0.1) is 0 Å². The summed E-state index contributed by atoms with van der Waals surface area (Å²) < 4.78 is 0. The summed E-state index contributed by atoms with van der Waals surface area (Å²) in [5.74, 6) is 0.180. The molecule has 152 valence electrons. The first kappa shape index (κ1) is 19.1. The molecule has 1 aliphatic heterocycles. The Bertz CT molecular complexity index is 1190. The standard InChI is InChI=1S/C26H22N4O/c31-26-3-1-2-16-30(26)25-18-23(20-6-12-28-13-7-20)22(19-4-10-27-11-5-19)17-24(25)21-8-14-29-15-9-21/h4-15,17-18H,1-3,16H2. The Kier molecular flexibility index (Phi) is 5.23. The van der Waals surface area contributed by atoms with Crippen LogP contribution in [0.4, 0.5) is 5.69 Å². The van der Waals surface area contributed by atoms with Crippen molar-refractivity contribution in [3.05, 3.63) is 85.7 Å². The topological polar surface area (TPSA) is 59.0 Å². The summed E-state index contributed by atoms with van der Waals surface area (Å²) in [4.78, 5) is 27.4. The summed E-state index contributed by atoms with van der Waals surface area (Å²) in [7, 11) is 0. The van der Waals surface area contributed by atoms with Crippen molar-refractivity contribution in [3.63, 3.8) is 0 Å². The Balaban J connectivity index is 1.80. The molecule has 5 nitrogen and oxygen atoms in total. The normalized spacial score (nSPS) is 13.9. The number of hydrogen-bond acceptors (Lipinski definition) is 4. The van der Waals surface area contributed by atoms with E-state index in [0.717, 1.165) is 58.5 Å². The SMILES string of the molecule is O=C1CCCCN1c1cc(-c2ccncc2)c(-c2ccncc2)cc1-c1ccncc1. The molecule has 1 aromatic carbocycles. The van der Waals surface area contributed by atoms with E-state index in [-0.39, 0.29) is 5.91 Å². The van der Waals surface area contributed by atoms with Gasteiger partial charge in [0.25, 0.3) is 0 Å². The molecule has 0 N–H and O–H groups in total. The van der Waals surface area contributed by atoms with Crippen molar-refractivity contribution in [1.29, 1.82) is 0 Å². The minimum atomic E-state index is 0.180. The number of aromatic nitrogens is 3. The highest BCUT2D eigenvalue weighted by Gasteiger charge is 2.24. The van der Waals surface area contributed by atoms with Crippen molar-refractivity contribution >= 4 is 11.6 Å². The van der Waals surface area contributed by atoms with Crippen LogP contribution in [-0.4, -0.2) is 27.4 Å². The van der Waals surface area contributed by atoms with E-state index < -0.39 is 0 Å². The number of anilines is 1. The quantitative estimate of drug-likeness (QED) is 0.456. The van der Waals surface area contributed by atoms with Gasteiger partial charge in [0.1, 0.15) is 0 Å². The average molecular weight is 406 g/mol. The lowest BCUT2D eigenvalue weighted by Crippen LogP contribution is -2.35. The van der Waals surface area contributed by atoms with Gasteiger partial charge in [0.15, 0.2) is 0 Å². The molecule has 0 aliphatic carbocycles. The maximum Gasteiger partial charge on any atom is 0.226 e. The highest BCUT2D eigenvalue weighted by Crippen LogP contribution is 2.42. The van der Waals surface area contributed by atoms with Crippen molar-refractivity contribution < 1.29 is 4.79 Å². The van der Waals surface area contributed by atoms with Crippen LogP contribution >= 0.6 is 0 Å². The van der Waals surface area contributed by atoms with E-state index in [4.69, 9.17) is 0 Å². The van der Waals surface area contributed by atoms with Crippen LogP contribution in [0.25, 0.3) is 33.4 Å². The minimum Gasteiger partial charge on any atom is -0.312 e. The third-order valence-corrected chi connectivity index (χ3v) is 5.72. The Labute approximate surface area is 181 Å². The van der Waals surface area contributed by atoms with Gasteiger partial charge in [-0.2, -0.15) is 0 Å². The zero-order valence-corrected chi connectivity index (χ0v) is 17.1. The monoisotopic (exact) mass is 406 g/mol. The number of amides is 1. The molecule has 1 fully saturated rings. The fourth-order valence-electron chi connectivity index (χ4n) is 4.18. The molecule has 3 aromatic heterocycles. The Morgan fingerprint density at radius 1 is 0.613 bits per heavy atom. The number of hydrogen-bond donors (Lipinski definition) is 0. The van der Waals surface area contributed by atoms with Crippen LogP contribution in [0.2, 0.25) is 0 Å². The molecule has 0 spiro atoms. The number of carbonyl (C=O) groups excluding carboxylic acids is 1. The summed E-state index contributed by atoms with van der Waals surface area (Å²) in [6, 6.07) is 16.4. The smallest absolute Gasteiger partial charge is 0.226 e. The number of piperidine rings is 1. The zero-order chi connectivity index (χ0) is 21.0. The molecule has 5 heteroatoms. The second-order valence-corrected chi connectivity index (χ2v) is 7.63. The summed E-state index contributed by atoms with van der Waals surface area (Å²) in [6.07, 6.45) is 13.3.